The number of carboxylic acid groups (broad SMARTS) is 1. The fraction of sp³-hybridized carbons (Fsp3) is 0.344. The topological polar surface area (TPSA) is 602 Å². The summed E-state index contributed by atoms with van der Waals surface area (Å²) in [6.45, 7) is 19.2. The van der Waals surface area contributed by atoms with Gasteiger partial charge in [0.2, 0.25) is 41.4 Å². The molecular weight excluding hydrogens is 1580 g/mol. The summed E-state index contributed by atoms with van der Waals surface area (Å²) in [6, 6.07) is 0. The van der Waals surface area contributed by atoms with Crippen molar-refractivity contribution in [2.45, 2.75) is 114 Å². The number of carbonyl (C=O) groups excluding carboxylic acids is 4. The van der Waals surface area contributed by atoms with Crippen LogP contribution >= 0.6 is 58.0 Å². The lowest BCUT2D eigenvalue weighted by Gasteiger charge is -2.20. The highest BCUT2D eigenvalue weighted by Gasteiger charge is 2.21. The molecule has 49 heteroatoms. The number of aryl methyl sites for hydroxylation is 5. The molecule has 0 bridgehead atoms. The van der Waals surface area contributed by atoms with Crippen LogP contribution in [0.25, 0.3) is 66.5 Å². The average molecular weight is 1650 g/mol. The maximum Gasteiger partial charge on any atom is 0.517 e. The number of anilines is 8. The van der Waals surface area contributed by atoms with Gasteiger partial charge in [-0.2, -0.15) is 84.4 Å². The van der Waals surface area contributed by atoms with Crippen LogP contribution in [0.2, 0.25) is 0 Å². The van der Waals surface area contributed by atoms with Crippen molar-refractivity contribution < 1.29 is 43.3 Å². The van der Waals surface area contributed by atoms with Crippen LogP contribution in [0.5, 0.6) is 0 Å². The van der Waals surface area contributed by atoms with Crippen molar-refractivity contribution >= 4 is 202 Å². The van der Waals surface area contributed by atoms with E-state index in [0.29, 0.717) is 142 Å². The summed E-state index contributed by atoms with van der Waals surface area (Å²) in [5.41, 5.74) is 44.7. The number of alkyl halides is 5. The van der Waals surface area contributed by atoms with Crippen LogP contribution in [0, 0.1) is 59.2 Å². The number of nitrogens with one attached hydrogen (secondary N) is 5. The minimum Gasteiger partial charge on any atom is -0.472 e. The zero-order valence-corrected chi connectivity index (χ0v) is 65.6. The third-order valence-electron chi connectivity index (χ3n) is 13.0. The fourth-order valence-corrected chi connectivity index (χ4v) is 9.68. The first-order valence-corrected chi connectivity index (χ1v) is 35.3. The smallest absolute Gasteiger partial charge is 0.472 e. The van der Waals surface area contributed by atoms with Gasteiger partial charge in [-0.25, -0.2) is 53.9 Å². The van der Waals surface area contributed by atoms with Gasteiger partial charge in [-0.05, 0) is 87.0 Å². The molecule has 18 N–H and O–H groups in total. The molecule has 12 aromatic rings. The number of rotatable bonds is 16. The zero-order valence-electron chi connectivity index (χ0n) is 61.8. The van der Waals surface area contributed by atoms with Gasteiger partial charge in [-0.15, -0.1) is 68.2 Å². The lowest BCUT2D eigenvalue weighted by atomic mass is 10.2. The van der Waals surface area contributed by atoms with Crippen LogP contribution in [0.1, 0.15) is 80.9 Å². The van der Waals surface area contributed by atoms with Gasteiger partial charge in [0.15, 0.2) is 57.0 Å². The number of aromatic nitrogens is 24. The summed E-state index contributed by atoms with van der Waals surface area (Å²) < 4.78 is 25.0. The third-order valence-corrected chi connectivity index (χ3v) is 13.9. The second-order valence-electron chi connectivity index (χ2n) is 22.5. The number of carbonyl (C=O) groups is 5. The Morgan fingerprint density at radius 1 is 0.478 bits per heavy atom. The summed E-state index contributed by atoms with van der Waals surface area (Å²) in [4.78, 5) is 95.1. The van der Waals surface area contributed by atoms with E-state index in [1.54, 1.807) is 110 Å². The number of amides is 2. The van der Waals surface area contributed by atoms with Crippen LogP contribution in [0.15, 0.2) is 31.0 Å². The van der Waals surface area contributed by atoms with Crippen molar-refractivity contribution in [1.82, 2.24) is 129 Å². The second kappa shape index (κ2) is 43.0. The molecule has 0 aliphatic heterocycles. The van der Waals surface area contributed by atoms with Gasteiger partial charge in [0.05, 0.1) is 96.7 Å². The maximum atomic E-state index is 11.7. The number of aliphatic carboxylic acids is 1. The van der Waals surface area contributed by atoms with E-state index < -0.39 is 35.7 Å². The number of hydrogen-bond acceptors (Lipinski definition) is 34. The zero-order chi connectivity index (χ0) is 83.1. The van der Waals surface area contributed by atoms with E-state index in [1.807, 2.05) is 11.8 Å². The molecule has 0 fully saturated rings. The van der Waals surface area contributed by atoms with Crippen molar-refractivity contribution in [3.8, 4) is 59.2 Å². The standard InChI is InChI=1S/C12H18ClN7O2.C11H12ClN7O.2C11H10ClN7.C8H10O4.C7H10ClN7.C4H4O2/c1-12(2,3)22-11(21)19-18-8-7-6-15-20(5-4-13)9(7)17-10(14)16-8;1-2-3-8(20)17-18-9-7-6-14-19(5-4-12)10(7)16-11(13)15-9;2*1-2-3-8-15-10-7-6-14-18(5-4-12)9(7)16-11(13)19(10)17-8;1-4-5-7(9)12-8(10)11-6(2)3;8-1-2-15-6-4(3-11-15)5(14-10)12-7(9)13-6;1-2-3-4(5)6/h6H,4-5H2,1-3H3,(H,19,21)(H3,14,16,17,18);6H,4-5H2,1H3,(H,17,20)(H3,13,15,16,18);2*6H,4-5H2,1H3,(H2,13,16);6H,1-3H3;3H,1-2,10H2,(H3,9,12,13,14);1H3,(H,5,6). The van der Waals surface area contributed by atoms with Crippen molar-refractivity contribution in [3.63, 3.8) is 0 Å². The number of halogens is 5. The molecule has 2 amide bonds. The molecule has 12 aromatic heterocycles. The molecule has 0 atom stereocenters. The van der Waals surface area contributed by atoms with Crippen LogP contribution in [0.3, 0.4) is 0 Å². The van der Waals surface area contributed by atoms with Gasteiger partial charge >= 0.3 is 30.1 Å². The number of carboxylic acids is 1. The predicted octanol–water partition coefficient (Wildman–Crippen LogP) is 4.07. The summed E-state index contributed by atoms with van der Waals surface area (Å²) in [7, 11) is 0. The Balaban J connectivity index is 0.000000210. The molecule has 0 spiro atoms. The highest BCUT2D eigenvalue weighted by molar-refractivity contribution is 6.18. The van der Waals surface area contributed by atoms with Crippen molar-refractivity contribution in [2.24, 2.45) is 5.84 Å². The highest BCUT2D eigenvalue weighted by Crippen LogP contribution is 2.25. The van der Waals surface area contributed by atoms with E-state index in [2.05, 4.69) is 169 Å². The predicted molar refractivity (Wildman–Crippen MR) is 423 cm³/mol. The van der Waals surface area contributed by atoms with Gasteiger partial charge in [-0.3, -0.25) is 21.1 Å². The van der Waals surface area contributed by atoms with Crippen LogP contribution in [-0.2, 0) is 61.3 Å². The number of nitrogens with two attached hydrogens (primary N) is 6. The minimum absolute atomic E-state index is 0.0531. The van der Waals surface area contributed by atoms with E-state index in [9.17, 15) is 24.0 Å². The normalized spacial score (nSPS) is 10.2. The first kappa shape index (κ1) is 88.4. The summed E-state index contributed by atoms with van der Waals surface area (Å²) in [5, 5.41) is 40.5. The van der Waals surface area contributed by atoms with Gasteiger partial charge in [-0.1, -0.05) is 29.6 Å². The quantitative estimate of drug-likeness (QED) is 0.0123. The van der Waals surface area contributed by atoms with Crippen molar-refractivity contribution in [3.05, 3.63) is 42.6 Å². The molecule has 0 unspecified atom stereocenters. The molecule has 44 nitrogen and oxygen atoms in total. The van der Waals surface area contributed by atoms with Crippen LogP contribution in [0.4, 0.5) is 56.8 Å². The molecule has 0 saturated heterocycles. The summed E-state index contributed by atoms with van der Waals surface area (Å²) in [5.74, 6) is 32.0. The van der Waals surface area contributed by atoms with Crippen molar-refractivity contribution in [1.29, 1.82) is 0 Å². The van der Waals surface area contributed by atoms with Gasteiger partial charge in [0, 0.05) is 41.2 Å². The molecule has 12 rings (SSSR count). The molecule has 0 aliphatic rings. The molecule has 0 saturated carbocycles. The highest BCUT2D eigenvalue weighted by atomic mass is 35.5. The largest absolute Gasteiger partial charge is 0.517 e. The third kappa shape index (κ3) is 25.2. The minimum atomic E-state index is -1.07. The van der Waals surface area contributed by atoms with Gasteiger partial charge < -0.3 is 53.4 Å². The van der Waals surface area contributed by atoms with Crippen molar-refractivity contribution in [2.75, 3.05) is 74.3 Å². The molecule has 0 radical (unpaired) electrons. The van der Waals surface area contributed by atoms with Gasteiger partial charge in [0.1, 0.15) is 5.60 Å². The number of nitrogens with zero attached hydrogens (tertiary/aromatic N) is 24. The van der Waals surface area contributed by atoms with E-state index in [0.717, 1.165) is 16.2 Å². The number of ether oxygens (including phenoxy) is 3. The average Bonchev–Trinajstić information content (AvgIpc) is 1.62. The summed E-state index contributed by atoms with van der Waals surface area (Å²) in [6.07, 6.45) is 6.17. The molecule has 0 aliphatic carbocycles. The van der Waals surface area contributed by atoms with E-state index in [1.165, 1.54) is 22.9 Å². The first-order chi connectivity index (χ1) is 54.0. The monoisotopic (exact) mass is 1650 g/mol. The Bertz CT molecular complexity index is 5570. The first-order valence-electron chi connectivity index (χ1n) is 32.6. The Hall–Kier alpha value is -13.6. The Morgan fingerprint density at radius 3 is 1.16 bits per heavy atom. The number of nitrogen functional groups attached to an aromatic ring is 6. The van der Waals surface area contributed by atoms with Crippen LogP contribution < -0.4 is 61.6 Å². The molecule has 12 heterocycles. The number of esters is 1. The Kier molecular flexibility index (Phi) is 33.6. The lowest BCUT2D eigenvalue weighted by Crippen LogP contribution is -2.36. The fourth-order valence-electron chi connectivity index (χ4n) is 8.88. The molecule has 594 valence electrons. The van der Waals surface area contributed by atoms with E-state index in [-0.39, 0.29) is 35.8 Å². The summed E-state index contributed by atoms with van der Waals surface area (Å²) >= 11 is 28.5. The lowest BCUT2D eigenvalue weighted by molar-refractivity contribution is -0.134. The molecular formula is C64H74Cl5N35O9. The Labute approximate surface area is 666 Å². The maximum absolute atomic E-state index is 11.7. The number of fused-ring (bicyclic) bond motifs is 9. The van der Waals surface area contributed by atoms with Gasteiger partial charge in [0.25, 0.3) is 0 Å². The van der Waals surface area contributed by atoms with E-state index >= 15 is 0 Å². The van der Waals surface area contributed by atoms with Crippen LogP contribution in [-0.4, -0.2) is 194 Å². The number of hydrogen-bond donors (Lipinski definition) is 12. The van der Waals surface area contributed by atoms with E-state index in [4.69, 9.17) is 102 Å². The second-order valence-corrected chi connectivity index (χ2v) is 24.4. The molecule has 113 heavy (non-hydrogen) atoms. The number of hydrazine groups is 3. The SMILES string of the molecule is CC#CC(=O)NNc1nc(N)nc2c1cnn2CCCl.CC#CC(=O)O.CC#CC(=O)OC(=O)OC(C)C.CC#Cc1nc2c3cnn(CCCl)c3nc(N)n2n1.CC#Cc1nc2c3cnn(CCCl)c3nc(N)n2n1.CC(C)(C)OC(=O)NNc1nc(N)nc2c1cnn2CCCl.NNc1nc(N)nc2c1cnn2CCCl. The molecule has 0 aromatic carbocycles. The Morgan fingerprint density at radius 2 is 0.832 bits per heavy atom.